The summed E-state index contributed by atoms with van der Waals surface area (Å²) in [6, 6.07) is 3.65. The van der Waals surface area contributed by atoms with Crippen LogP contribution >= 0.6 is 24.0 Å². The molecule has 0 aromatic carbocycles. The number of aryl methyl sites for hydroxylation is 1. The van der Waals surface area contributed by atoms with Gasteiger partial charge in [-0.25, -0.2) is 4.98 Å². The van der Waals surface area contributed by atoms with Crippen LogP contribution in [-0.4, -0.2) is 49.3 Å². The quantitative estimate of drug-likeness (QED) is 0.289. The molecule has 1 fully saturated rings. The number of fused-ring (bicyclic) bond motifs is 1. The van der Waals surface area contributed by atoms with Gasteiger partial charge < -0.3 is 10.4 Å². The number of hydrogen-bond donors (Lipinski definition) is 2. The molecule has 3 rings (SSSR count). The molecule has 7 nitrogen and oxygen atoms in total. The molecule has 0 atom stereocenters. The lowest BCUT2D eigenvalue weighted by molar-refractivity contribution is -0.122. The molecule has 1 aliphatic heterocycles. The number of nitrogens with zero attached hydrogens (tertiary/aromatic N) is 3. The molecule has 2 aromatic rings. The van der Waals surface area contributed by atoms with Crippen molar-refractivity contribution < 1.29 is 9.90 Å². The smallest absolute Gasteiger partial charge is 0.267 e. The molecule has 32 heavy (non-hydrogen) atoms. The monoisotopic (exact) mass is 474 g/mol. The molecular formula is C23H30N4O3S2. The molecule has 0 spiro atoms. The summed E-state index contributed by atoms with van der Waals surface area (Å²) in [4.78, 5) is 32.8. The van der Waals surface area contributed by atoms with Gasteiger partial charge in [0.25, 0.3) is 11.5 Å². The van der Waals surface area contributed by atoms with E-state index >= 15 is 0 Å². The molecule has 172 valence electrons. The number of pyridine rings is 1. The number of aromatic nitrogens is 2. The van der Waals surface area contributed by atoms with Crippen LogP contribution in [0, 0.1) is 6.92 Å². The fraction of sp³-hybridized carbons (Fsp3) is 0.478. The maximum Gasteiger partial charge on any atom is 0.267 e. The van der Waals surface area contributed by atoms with Gasteiger partial charge in [0.15, 0.2) is 0 Å². The van der Waals surface area contributed by atoms with Crippen molar-refractivity contribution in [3.8, 4) is 0 Å². The Labute approximate surface area is 197 Å². The van der Waals surface area contributed by atoms with Gasteiger partial charge in [0.2, 0.25) is 0 Å². The van der Waals surface area contributed by atoms with Crippen molar-refractivity contribution in [2.24, 2.45) is 0 Å². The van der Waals surface area contributed by atoms with Crippen LogP contribution in [0.3, 0.4) is 0 Å². The van der Waals surface area contributed by atoms with E-state index in [2.05, 4.69) is 17.2 Å². The summed E-state index contributed by atoms with van der Waals surface area (Å²) in [5.74, 6) is 0.171. The van der Waals surface area contributed by atoms with E-state index in [9.17, 15) is 14.7 Å². The van der Waals surface area contributed by atoms with Crippen molar-refractivity contribution in [3.05, 3.63) is 44.7 Å². The standard InChI is InChI=1S/C23H30N4O3S2/c1-3-4-5-6-7-8-12-26-22(30)18(32-23(26)31)14-17-20(24-11-13-28)25-19-10-9-16(2)15-27(19)21(17)29/h9-10,14-15,24,28H,3-8,11-13H2,1-2H3. The lowest BCUT2D eigenvalue weighted by Gasteiger charge is -2.14. The molecular weight excluding hydrogens is 444 g/mol. The second-order valence-electron chi connectivity index (χ2n) is 7.87. The van der Waals surface area contributed by atoms with Crippen molar-refractivity contribution in [2.75, 3.05) is 25.0 Å². The lowest BCUT2D eigenvalue weighted by Crippen LogP contribution is -2.29. The molecule has 3 heterocycles. The first-order valence-electron chi connectivity index (χ1n) is 11.1. The molecule has 2 N–H and O–H groups in total. The highest BCUT2D eigenvalue weighted by atomic mass is 32.2. The first-order chi connectivity index (χ1) is 15.5. The van der Waals surface area contributed by atoms with Crippen LogP contribution in [0.2, 0.25) is 0 Å². The van der Waals surface area contributed by atoms with Crippen LogP contribution < -0.4 is 10.9 Å². The molecule has 2 aromatic heterocycles. The van der Waals surface area contributed by atoms with E-state index in [4.69, 9.17) is 12.2 Å². The number of rotatable bonds is 11. The van der Waals surface area contributed by atoms with Gasteiger partial charge in [-0.05, 0) is 31.1 Å². The number of unbranched alkanes of at least 4 members (excludes halogenated alkanes) is 5. The highest BCUT2D eigenvalue weighted by molar-refractivity contribution is 8.26. The molecule has 1 aliphatic rings. The first-order valence-corrected chi connectivity index (χ1v) is 12.3. The Morgan fingerprint density at radius 3 is 2.69 bits per heavy atom. The van der Waals surface area contributed by atoms with Gasteiger partial charge in [0.1, 0.15) is 15.8 Å². The van der Waals surface area contributed by atoms with Gasteiger partial charge in [-0.15, -0.1) is 0 Å². The number of aliphatic hydroxyl groups is 1. The van der Waals surface area contributed by atoms with Crippen LogP contribution in [-0.2, 0) is 4.79 Å². The Bertz CT molecular complexity index is 1080. The third-order valence-electron chi connectivity index (χ3n) is 5.29. The summed E-state index contributed by atoms with van der Waals surface area (Å²) in [6.07, 6.45) is 10.1. The number of thiocarbonyl (C=S) groups is 1. The Morgan fingerprint density at radius 1 is 1.19 bits per heavy atom. The van der Waals surface area contributed by atoms with Gasteiger partial charge in [-0.1, -0.05) is 69.1 Å². The zero-order valence-corrected chi connectivity index (χ0v) is 20.2. The van der Waals surface area contributed by atoms with E-state index in [0.29, 0.717) is 27.2 Å². The van der Waals surface area contributed by atoms with E-state index < -0.39 is 0 Å². The average molecular weight is 475 g/mol. The molecule has 9 heteroatoms. The number of aliphatic hydroxyl groups excluding tert-OH is 1. The molecule has 0 radical (unpaired) electrons. The summed E-state index contributed by atoms with van der Waals surface area (Å²) >= 11 is 6.65. The molecule has 0 bridgehead atoms. The van der Waals surface area contributed by atoms with Crippen LogP contribution in [0.1, 0.15) is 56.6 Å². The average Bonchev–Trinajstić information content (AvgIpc) is 3.04. The fourth-order valence-corrected chi connectivity index (χ4v) is 4.86. The highest BCUT2D eigenvalue weighted by Gasteiger charge is 2.32. The van der Waals surface area contributed by atoms with E-state index in [1.54, 1.807) is 23.2 Å². The largest absolute Gasteiger partial charge is 0.395 e. The number of carbonyl (C=O) groups is 1. The van der Waals surface area contributed by atoms with Gasteiger partial charge in [-0.3, -0.25) is 18.9 Å². The van der Waals surface area contributed by atoms with Crippen molar-refractivity contribution >= 4 is 51.7 Å². The Balaban J connectivity index is 1.85. The summed E-state index contributed by atoms with van der Waals surface area (Å²) in [7, 11) is 0. The Hall–Kier alpha value is -2.23. The van der Waals surface area contributed by atoms with Crippen molar-refractivity contribution in [1.82, 2.24) is 14.3 Å². The molecule has 0 saturated carbocycles. The van der Waals surface area contributed by atoms with E-state index in [1.807, 2.05) is 13.0 Å². The van der Waals surface area contributed by atoms with E-state index in [-0.39, 0.29) is 30.2 Å². The number of hydrogen-bond acceptors (Lipinski definition) is 7. The number of thioether (sulfide) groups is 1. The predicted molar refractivity (Wildman–Crippen MR) is 135 cm³/mol. The lowest BCUT2D eigenvalue weighted by atomic mass is 10.1. The summed E-state index contributed by atoms with van der Waals surface area (Å²) in [5.41, 5.74) is 1.42. The second-order valence-corrected chi connectivity index (χ2v) is 9.54. The van der Waals surface area contributed by atoms with Crippen LogP contribution in [0.25, 0.3) is 11.7 Å². The normalized spacial score (nSPS) is 15.3. The molecule has 1 saturated heterocycles. The maximum atomic E-state index is 13.2. The fourth-order valence-electron chi connectivity index (χ4n) is 3.57. The van der Waals surface area contributed by atoms with Crippen molar-refractivity contribution in [1.29, 1.82) is 0 Å². The van der Waals surface area contributed by atoms with Crippen molar-refractivity contribution in [3.63, 3.8) is 0 Å². The SMILES string of the molecule is CCCCCCCCN1C(=O)C(=Cc2c(NCCO)nc3ccc(C)cn3c2=O)SC1=S. The van der Waals surface area contributed by atoms with Gasteiger partial charge in [0.05, 0.1) is 17.1 Å². The second kappa shape index (κ2) is 11.6. The van der Waals surface area contributed by atoms with Gasteiger partial charge in [0, 0.05) is 19.3 Å². The van der Waals surface area contributed by atoms with Crippen LogP contribution in [0.5, 0.6) is 0 Å². The topological polar surface area (TPSA) is 86.9 Å². The van der Waals surface area contributed by atoms with E-state index in [1.165, 1.54) is 35.4 Å². The summed E-state index contributed by atoms with van der Waals surface area (Å²) in [6.45, 7) is 4.83. The zero-order valence-electron chi connectivity index (χ0n) is 18.6. The molecule has 0 unspecified atom stereocenters. The van der Waals surface area contributed by atoms with Gasteiger partial charge >= 0.3 is 0 Å². The van der Waals surface area contributed by atoms with Crippen LogP contribution in [0.4, 0.5) is 5.82 Å². The molecule has 1 amide bonds. The summed E-state index contributed by atoms with van der Waals surface area (Å²) < 4.78 is 1.99. The minimum absolute atomic E-state index is 0.102. The maximum absolute atomic E-state index is 13.2. The minimum atomic E-state index is -0.277. The number of nitrogens with one attached hydrogen (secondary N) is 1. The molecule has 0 aliphatic carbocycles. The van der Waals surface area contributed by atoms with E-state index in [0.717, 1.165) is 24.8 Å². The third kappa shape index (κ3) is 5.76. The van der Waals surface area contributed by atoms with Crippen LogP contribution in [0.15, 0.2) is 28.0 Å². The number of amides is 1. The number of anilines is 1. The van der Waals surface area contributed by atoms with Gasteiger partial charge in [-0.2, -0.15) is 0 Å². The highest BCUT2D eigenvalue weighted by Crippen LogP contribution is 2.33. The number of carbonyl (C=O) groups excluding carboxylic acids is 1. The Morgan fingerprint density at radius 2 is 1.94 bits per heavy atom. The zero-order chi connectivity index (χ0) is 23.1. The predicted octanol–water partition coefficient (Wildman–Crippen LogP) is 3.97. The summed E-state index contributed by atoms with van der Waals surface area (Å²) in [5, 5.41) is 12.2. The first kappa shape index (κ1) is 24.4. The minimum Gasteiger partial charge on any atom is -0.395 e. The van der Waals surface area contributed by atoms with Crippen molar-refractivity contribution in [2.45, 2.75) is 52.4 Å². The Kier molecular flexibility index (Phi) is 8.84. The third-order valence-corrected chi connectivity index (χ3v) is 6.67.